The molecule has 1 saturated heterocycles. The summed E-state index contributed by atoms with van der Waals surface area (Å²) >= 11 is 0. The third-order valence-corrected chi connectivity index (χ3v) is 4.96. The van der Waals surface area contributed by atoms with Gasteiger partial charge in [0.1, 0.15) is 5.82 Å². The van der Waals surface area contributed by atoms with E-state index in [1.807, 2.05) is 4.90 Å². The number of halogens is 2. The Balaban J connectivity index is 1.71. The van der Waals surface area contributed by atoms with Gasteiger partial charge < -0.3 is 0 Å². The van der Waals surface area contributed by atoms with Crippen molar-refractivity contribution in [2.45, 2.75) is 32.0 Å². The lowest BCUT2D eigenvalue weighted by molar-refractivity contribution is 0.0672. The number of imidazole rings is 1. The van der Waals surface area contributed by atoms with Gasteiger partial charge in [0.15, 0.2) is 0 Å². The molecule has 1 N–H and O–H groups in total. The first-order chi connectivity index (χ1) is 11.3. The highest BCUT2D eigenvalue weighted by Crippen LogP contribution is 2.24. The van der Waals surface area contributed by atoms with Crippen LogP contribution in [0.1, 0.15) is 25.2 Å². The highest BCUT2D eigenvalue weighted by molar-refractivity contribution is 7.88. The number of nitrogens with one attached hydrogen (secondary N) is 1. The molecular formula is C15H20F2N4O2S. The molecule has 3 rings (SSSR count). The van der Waals surface area contributed by atoms with Crippen LogP contribution in [-0.2, 0) is 16.6 Å². The van der Waals surface area contributed by atoms with E-state index in [1.165, 1.54) is 0 Å². The van der Waals surface area contributed by atoms with Crippen molar-refractivity contribution in [2.75, 3.05) is 19.3 Å². The molecule has 0 amide bonds. The van der Waals surface area contributed by atoms with Gasteiger partial charge in [-0.3, -0.25) is 9.47 Å². The molecule has 0 unspecified atom stereocenters. The topological polar surface area (TPSA) is 67.2 Å². The number of para-hydroxylation sites is 2. The van der Waals surface area contributed by atoms with Crippen molar-refractivity contribution in [3.05, 3.63) is 30.1 Å². The van der Waals surface area contributed by atoms with Crippen LogP contribution in [-0.4, -0.2) is 48.3 Å². The van der Waals surface area contributed by atoms with Crippen LogP contribution >= 0.6 is 0 Å². The Morgan fingerprint density at radius 3 is 2.58 bits per heavy atom. The average molecular weight is 358 g/mol. The predicted octanol–water partition coefficient (Wildman–Crippen LogP) is 1.94. The second kappa shape index (κ2) is 6.73. The van der Waals surface area contributed by atoms with E-state index >= 15 is 0 Å². The first kappa shape index (κ1) is 17.2. The zero-order valence-corrected chi connectivity index (χ0v) is 14.1. The maximum Gasteiger partial charge on any atom is 0.320 e. The molecule has 0 saturated carbocycles. The first-order valence-electron chi connectivity index (χ1n) is 7.77. The van der Waals surface area contributed by atoms with Crippen LogP contribution in [0.25, 0.3) is 11.0 Å². The van der Waals surface area contributed by atoms with E-state index in [2.05, 4.69) is 9.71 Å². The zero-order valence-electron chi connectivity index (χ0n) is 13.3. The smallest absolute Gasteiger partial charge is 0.296 e. The zero-order chi connectivity index (χ0) is 17.3. The molecule has 0 bridgehead atoms. The van der Waals surface area contributed by atoms with Gasteiger partial charge in [-0.05, 0) is 25.0 Å². The van der Waals surface area contributed by atoms with Crippen molar-refractivity contribution in [1.82, 2.24) is 19.2 Å². The van der Waals surface area contributed by atoms with Crippen LogP contribution < -0.4 is 4.72 Å². The van der Waals surface area contributed by atoms with Gasteiger partial charge in [-0.1, -0.05) is 12.1 Å². The summed E-state index contributed by atoms with van der Waals surface area (Å²) in [7, 11) is -3.22. The van der Waals surface area contributed by atoms with Gasteiger partial charge in [0.05, 0.1) is 23.8 Å². The predicted molar refractivity (Wildman–Crippen MR) is 87.3 cm³/mol. The molecule has 132 valence electrons. The maximum absolute atomic E-state index is 13.4. The van der Waals surface area contributed by atoms with Crippen molar-refractivity contribution >= 4 is 21.1 Å². The van der Waals surface area contributed by atoms with E-state index in [4.69, 9.17) is 0 Å². The molecule has 0 aliphatic carbocycles. The average Bonchev–Trinajstić information content (AvgIpc) is 2.85. The Hall–Kier alpha value is -1.58. The minimum atomic E-state index is -3.22. The monoisotopic (exact) mass is 358 g/mol. The van der Waals surface area contributed by atoms with Crippen molar-refractivity contribution in [1.29, 1.82) is 0 Å². The fourth-order valence-corrected chi connectivity index (χ4v) is 3.98. The summed E-state index contributed by atoms with van der Waals surface area (Å²) in [5.74, 6) is 0.334. The molecule has 6 nitrogen and oxygen atoms in total. The van der Waals surface area contributed by atoms with E-state index in [9.17, 15) is 17.2 Å². The summed E-state index contributed by atoms with van der Waals surface area (Å²) in [6.07, 6.45) is 2.45. The largest absolute Gasteiger partial charge is 0.320 e. The fourth-order valence-electron chi connectivity index (χ4n) is 3.14. The molecule has 1 aromatic heterocycles. The number of hydrogen-bond donors (Lipinski definition) is 1. The summed E-state index contributed by atoms with van der Waals surface area (Å²) in [5.41, 5.74) is 0.984. The van der Waals surface area contributed by atoms with Gasteiger partial charge >= 0.3 is 6.55 Å². The van der Waals surface area contributed by atoms with Gasteiger partial charge in [0.25, 0.3) is 0 Å². The van der Waals surface area contributed by atoms with Gasteiger partial charge in [-0.25, -0.2) is 18.1 Å². The van der Waals surface area contributed by atoms with E-state index in [0.29, 0.717) is 49.3 Å². The fraction of sp³-hybridized carbons (Fsp3) is 0.533. The number of alkyl halides is 2. The van der Waals surface area contributed by atoms with Crippen molar-refractivity contribution < 1.29 is 17.2 Å². The molecule has 1 aliphatic heterocycles. The standard InChI is InChI=1S/C15H20F2N4O2S/c1-24(22,23)19-11-6-8-20(9-7-11)10-14-18-12-4-2-3-5-13(12)21(14)15(16)17/h2-5,11,15,19H,6-10H2,1H3. The Morgan fingerprint density at radius 1 is 1.29 bits per heavy atom. The molecule has 24 heavy (non-hydrogen) atoms. The number of aromatic nitrogens is 2. The summed E-state index contributed by atoms with van der Waals surface area (Å²) in [6.45, 7) is -1.04. The minimum absolute atomic E-state index is 0.0924. The number of sulfonamides is 1. The van der Waals surface area contributed by atoms with Crippen molar-refractivity contribution in [3.8, 4) is 0 Å². The molecule has 2 aromatic rings. The lowest BCUT2D eigenvalue weighted by atomic mass is 10.1. The van der Waals surface area contributed by atoms with Crippen LogP contribution in [0, 0.1) is 0 Å². The van der Waals surface area contributed by atoms with Gasteiger partial charge in [-0.15, -0.1) is 0 Å². The Morgan fingerprint density at radius 2 is 1.96 bits per heavy atom. The second-order valence-corrected chi connectivity index (χ2v) is 7.88. The quantitative estimate of drug-likeness (QED) is 0.887. The van der Waals surface area contributed by atoms with Crippen LogP contribution in [0.2, 0.25) is 0 Å². The molecule has 1 aliphatic rings. The van der Waals surface area contributed by atoms with E-state index < -0.39 is 16.6 Å². The van der Waals surface area contributed by atoms with Crippen molar-refractivity contribution in [3.63, 3.8) is 0 Å². The molecule has 0 spiro atoms. The molecule has 0 atom stereocenters. The first-order valence-corrected chi connectivity index (χ1v) is 9.66. The number of rotatable bonds is 5. The normalized spacial score (nSPS) is 17.8. The highest BCUT2D eigenvalue weighted by Gasteiger charge is 2.24. The molecule has 0 radical (unpaired) electrons. The molecule has 1 aromatic carbocycles. The highest BCUT2D eigenvalue weighted by atomic mass is 32.2. The van der Waals surface area contributed by atoms with Crippen LogP contribution in [0.15, 0.2) is 24.3 Å². The van der Waals surface area contributed by atoms with Crippen LogP contribution in [0.4, 0.5) is 8.78 Å². The third-order valence-electron chi connectivity index (χ3n) is 4.20. The summed E-state index contributed by atoms with van der Waals surface area (Å²) in [6, 6.07) is 6.76. The molecular weight excluding hydrogens is 338 g/mol. The molecule has 2 heterocycles. The van der Waals surface area contributed by atoms with Gasteiger partial charge in [-0.2, -0.15) is 8.78 Å². The summed E-state index contributed by atoms with van der Waals surface area (Å²) in [5, 5.41) is 0. The summed E-state index contributed by atoms with van der Waals surface area (Å²) in [4.78, 5) is 6.36. The third kappa shape index (κ3) is 3.90. The number of likely N-dealkylation sites (tertiary alicyclic amines) is 1. The van der Waals surface area contributed by atoms with Crippen molar-refractivity contribution in [2.24, 2.45) is 0 Å². The van der Waals surface area contributed by atoms with E-state index in [1.54, 1.807) is 24.3 Å². The lowest BCUT2D eigenvalue weighted by Crippen LogP contribution is -2.44. The Kier molecular flexibility index (Phi) is 4.84. The number of piperidine rings is 1. The Labute approximate surface area is 139 Å². The van der Waals surface area contributed by atoms with Gasteiger partial charge in [0.2, 0.25) is 10.0 Å². The maximum atomic E-state index is 13.4. The number of nitrogens with zero attached hydrogens (tertiary/aromatic N) is 3. The van der Waals surface area contributed by atoms with Crippen LogP contribution in [0.5, 0.6) is 0 Å². The molecule has 1 fully saturated rings. The second-order valence-electron chi connectivity index (χ2n) is 6.10. The SMILES string of the molecule is CS(=O)(=O)NC1CCN(Cc2nc3ccccc3n2C(F)F)CC1. The van der Waals surface area contributed by atoms with Gasteiger partial charge in [0, 0.05) is 19.1 Å². The molecule has 9 heteroatoms. The van der Waals surface area contributed by atoms with E-state index in [0.717, 1.165) is 10.8 Å². The minimum Gasteiger partial charge on any atom is -0.296 e. The van der Waals surface area contributed by atoms with Crippen LogP contribution in [0.3, 0.4) is 0 Å². The number of fused-ring (bicyclic) bond motifs is 1. The Bertz CT molecular complexity index is 814. The van der Waals surface area contributed by atoms with E-state index in [-0.39, 0.29) is 6.04 Å². The number of hydrogen-bond acceptors (Lipinski definition) is 4. The number of benzene rings is 1. The summed E-state index contributed by atoms with van der Waals surface area (Å²) < 4.78 is 52.9. The lowest BCUT2D eigenvalue weighted by Gasteiger charge is -2.31.